The van der Waals surface area contributed by atoms with Gasteiger partial charge in [-0.15, -0.1) is 0 Å². The van der Waals surface area contributed by atoms with E-state index in [1.807, 2.05) is 0 Å². The van der Waals surface area contributed by atoms with E-state index in [2.05, 4.69) is 81.8 Å². The van der Waals surface area contributed by atoms with E-state index in [-0.39, 0.29) is 11.0 Å². The molecule has 3 rings (SSSR count). The number of nitrogens with zero attached hydrogens (tertiary/aromatic N) is 1. The highest BCUT2D eigenvalue weighted by Crippen LogP contribution is 2.49. The molecule has 2 heterocycles. The number of pyridine rings is 1. The molecule has 0 amide bonds. The van der Waals surface area contributed by atoms with Crippen LogP contribution in [-0.4, -0.2) is 0 Å². The Morgan fingerprint density at radius 1 is 0.952 bits per heavy atom. The van der Waals surface area contributed by atoms with E-state index in [1.165, 1.54) is 22.4 Å². The lowest BCUT2D eigenvalue weighted by Crippen LogP contribution is -2.67. The first-order chi connectivity index (χ1) is 9.99. The van der Waals surface area contributed by atoms with Crippen LogP contribution >= 0.6 is 0 Å². The summed E-state index contributed by atoms with van der Waals surface area (Å²) in [6, 6.07) is 13.4. The van der Waals surface area contributed by atoms with Gasteiger partial charge in [0.2, 0.25) is 5.69 Å². The molecule has 0 radical (unpaired) electrons. The molecule has 0 N–H and O–H groups in total. The van der Waals surface area contributed by atoms with Crippen molar-refractivity contribution in [2.24, 2.45) is 0 Å². The minimum Gasteiger partial charge on any atom is -0.192 e. The summed E-state index contributed by atoms with van der Waals surface area (Å²) in [5.41, 5.74) is 5.96. The molecule has 1 aromatic heterocycles. The van der Waals surface area contributed by atoms with Gasteiger partial charge in [-0.2, -0.15) is 4.57 Å². The van der Waals surface area contributed by atoms with Crippen LogP contribution in [0, 0.1) is 6.92 Å². The van der Waals surface area contributed by atoms with Gasteiger partial charge in [0, 0.05) is 25.5 Å². The predicted octanol–water partition coefficient (Wildman–Crippen LogP) is 4.76. The number of hydrogen-bond acceptors (Lipinski definition) is 0. The number of aryl methyl sites for hydroxylation is 1. The van der Waals surface area contributed by atoms with Crippen molar-refractivity contribution in [1.29, 1.82) is 0 Å². The Labute approximate surface area is 128 Å². The molecular weight excluding hydrogens is 254 g/mol. The molecule has 1 aliphatic rings. The van der Waals surface area contributed by atoms with E-state index in [9.17, 15) is 0 Å². The smallest absolute Gasteiger partial charge is 0.192 e. The van der Waals surface area contributed by atoms with Crippen molar-refractivity contribution in [2.75, 3.05) is 0 Å². The van der Waals surface area contributed by atoms with Crippen molar-refractivity contribution in [2.45, 2.75) is 58.4 Å². The molecule has 1 nitrogen and oxygen atoms in total. The molecular formula is C20H26N+. The molecule has 0 fully saturated rings. The van der Waals surface area contributed by atoms with Crippen LogP contribution in [0.4, 0.5) is 0 Å². The van der Waals surface area contributed by atoms with E-state index < -0.39 is 0 Å². The van der Waals surface area contributed by atoms with Crippen molar-refractivity contribution in [3.63, 3.8) is 0 Å². The molecule has 0 bridgehead atoms. The third kappa shape index (κ3) is 1.67. The van der Waals surface area contributed by atoms with Gasteiger partial charge in [-0.05, 0) is 37.5 Å². The normalized spacial score (nSPS) is 27.1. The molecule has 0 aliphatic carbocycles. The van der Waals surface area contributed by atoms with E-state index in [4.69, 9.17) is 0 Å². The Morgan fingerprint density at radius 2 is 1.71 bits per heavy atom. The molecule has 110 valence electrons. The second-order valence-electron chi connectivity index (χ2n) is 6.77. The minimum absolute atomic E-state index is 0.110. The van der Waals surface area contributed by atoms with Crippen LogP contribution in [0.2, 0.25) is 0 Å². The van der Waals surface area contributed by atoms with Crippen molar-refractivity contribution < 1.29 is 4.57 Å². The number of rotatable bonds is 2. The fourth-order valence-corrected chi connectivity index (χ4v) is 4.23. The van der Waals surface area contributed by atoms with Crippen molar-refractivity contribution in [1.82, 2.24) is 0 Å². The largest absolute Gasteiger partial charge is 0.213 e. The van der Waals surface area contributed by atoms with Crippen molar-refractivity contribution >= 4 is 0 Å². The average Bonchev–Trinajstić information content (AvgIpc) is 2.52. The fourth-order valence-electron chi connectivity index (χ4n) is 4.23. The van der Waals surface area contributed by atoms with Gasteiger partial charge in [0.05, 0.1) is 11.0 Å². The van der Waals surface area contributed by atoms with Gasteiger partial charge >= 0.3 is 0 Å². The zero-order valence-corrected chi connectivity index (χ0v) is 13.9. The summed E-state index contributed by atoms with van der Waals surface area (Å²) in [6.45, 7) is 11.7. The Kier molecular flexibility index (Phi) is 3.20. The molecule has 1 aliphatic heterocycles. The summed E-state index contributed by atoms with van der Waals surface area (Å²) in [5, 5.41) is 0. The van der Waals surface area contributed by atoms with Gasteiger partial charge in [-0.3, -0.25) is 0 Å². The number of fused-ring (bicyclic) bond motifs is 3. The Hall–Kier alpha value is -1.63. The van der Waals surface area contributed by atoms with Crippen LogP contribution in [0.25, 0.3) is 11.3 Å². The van der Waals surface area contributed by atoms with Gasteiger partial charge in [0.1, 0.15) is 0 Å². The lowest BCUT2D eigenvalue weighted by molar-refractivity contribution is -0.765. The van der Waals surface area contributed by atoms with Gasteiger partial charge in [-0.1, -0.05) is 32.0 Å². The number of aromatic nitrogens is 1. The monoisotopic (exact) mass is 280 g/mol. The summed E-state index contributed by atoms with van der Waals surface area (Å²) < 4.78 is 2.52. The second kappa shape index (κ2) is 4.69. The summed E-state index contributed by atoms with van der Waals surface area (Å²) in [6.07, 6.45) is 4.55. The predicted molar refractivity (Wildman–Crippen MR) is 88.4 cm³/mol. The lowest BCUT2D eigenvalue weighted by Gasteiger charge is -2.46. The van der Waals surface area contributed by atoms with Gasteiger partial charge in [0.15, 0.2) is 11.7 Å². The maximum absolute atomic E-state index is 2.52. The first kappa shape index (κ1) is 14.3. The van der Waals surface area contributed by atoms with Gasteiger partial charge in [0.25, 0.3) is 0 Å². The number of benzene rings is 1. The highest BCUT2D eigenvalue weighted by molar-refractivity contribution is 5.69. The lowest BCUT2D eigenvalue weighted by atomic mass is 9.60. The zero-order valence-electron chi connectivity index (χ0n) is 13.9. The highest BCUT2D eigenvalue weighted by atomic mass is 15.1. The molecule has 2 aromatic rings. The van der Waals surface area contributed by atoms with E-state index in [0.717, 1.165) is 12.8 Å². The van der Waals surface area contributed by atoms with Gasteiger partial charge in [-0.25, -0.2) is 0 Å². The highest BCUT2D eigenvalue weighted by Gasteiger charge is 2.56. The first-order valence-electron chi connectivity index (χ1n) is 8.11. The Morgan fingerprint density at radius 3 is 2.38 bits per heavy atom. The number of hydrogen-bond donors (Lipinski definition) is 0. The third-order valence-electron chi connectivity index (χ3n) is 6.10. The maximum atomic E-state index is 2.52. The van der Waals surface area contributed by atoms with Crippen LogP contribution < -0.4 is 4.57 Å². The molecule has 1 aromatic carbocycles. The van der Waals surface area contributed by atoms with Crippen molar-refractivity contribution in [3.05, 3.63) is 53.7 Å². The van der Waals surface area contributed by atoms with Crippen LogP contribution in [0.5, 0.6) is 0 Å². The Balaban J connectivity index is 2.47. The molecule has 0 saturated heterocycles. The minimum atomic E-state index is 0.110. The van der Waals surface area contributed by atoms with Crippen LogP contribution in [0.3, 0.4) is 0 Å². The maximum Gasteiger partial charge on any atom is 0.213 e. The zero-order chi connectivity index (χ0) is 15.3. The second-order valence-corrected chi connectivity index (χ2v) is 6.77. The van der Waals surface area contributed by atoms with Gasteiger partial charge < -0.3 is 0 Å². The Bertz CT molecular complexity index is 688. The third-order valence-corrected chi connectivity index (χ3v) is 6.10. The average molecular weight is 280 g/mol. The fraction of sp³-hybridized carbons (Fsp3) is 0.450. The van der Waals surface area contributed by atoms with E-state index in [0.29, 0.717) is 0 Å². The standard InChI is InChI=1S/C20H26N/c1-6-19(4)16-12-10-11-15(3)18(16)17-13-8-9-14-21(17)20(19,5)7-2/h8-14H,6-7H2,1-5H3/q+1. The molecule has 21 heavy (non-hydrogen) atoms. The topological polar surface area (TPSA) is 3.88 Å². The van der Waals surface area contributed by atoms with Crippen LogP contribution in [-0.2, 0) is 11.0 Å². The van der Waals surface area contributed by atoms with E-state index in [1.54, 1.807) is 0 Å². The first-order valence-corrected chi connectivity index (χ1v) is 8.11. The SMILES string of the molecule is CCC1(C)c2cccc(C)c2-c2cccc[n+]2C1(C)CC. The van der Waals surface area contributed by atoms with Crippen molar-refractivity contribution in [3.8, 4) is 11.3 Å². The quantitative estimate of drug-likeness (QED) is 0.699. The summed E-state index contributed by atoms with van der Waals surface area (Å²) in [4.78, 5) is 0. The molecule has 0 spiro atoms. The summed E-state index contributed by atoms with van der Waals surface area (Å²) in [5.74, 6) is 0. The summed E-state index contributed by atoms with van der Waals surface area (Å²) in [7, 11) is 0. The summed E-state index contributed by atoms with van der Waals surface area (Å²) >= 11 is 0. The molecule has 1 heteroatoms. The molecule has 2 unspecified atom stereocenters. The van der Waals surface area contributed by atoms with Crippen LogP contribution in [0.15, 0.2) is 42.6 Å². The molecule has 0 saturated carbocycles. The van der Waals surface area contributed by atoms with Crippen LogP contribution in [0.1, 0.15) is 51.7 Å². The van der Waals surface area contributed by atoms with E-state index >= 15 is 0 Å². The molecule has 2 atom stereocenters.